The van der Waals surface area contributed by atoms with Gasteiger partial charge in [0.25, 0.3) is 10.1 Å². The zero-order chi connectivity index (χ0) is 24.7. The standard InChI is InChI=1S/C30H54O3S.Na.H/c1-2-3-4-5-6-7-8-9-10-11-12-13-14-15-16-17-18-19-20-21-22-23-24-29-25-27-30(28-26-29)34(31,32)33;;/h25-28H,2-24H2,1H3,(H,31,32,33);;. The summed E-state index contributed by atoms with van der Waals surface area (Å²) >= 11 is 0. The third-order valence-electron chi connectivity index (χ3n) is 7.04. The molecule has 0 atom stereocenters. The van der Waals surface area contributed by atoms with Crippen LogP contribution in [-0.2, 0) is 16.5 Å². The van der Waals surface area contributed by atoms with Crippen LogP contribution in [-0.4, -0.2) is 42.5 Å². The van der Waals surface area contributed by atoms with Gasteiger partial charge in [-0.3, -0.25) is 4.55 Å². The van der Waals surface area contributed by atoms with Crippen molar-refractivity contribution in [3.63, 3.8) is 0 Å². The van der Waals surface area contributed by atoms with Crippen LogP contribution in [0.1, 0.15) is 154 Å². The van der Waals surface area contributed by atoms with E-state index in [-0.39, 0.29) is 34.5 Å². The average molecular weight is 519 g/mol. The van der Waals surface area contributed by atoms with Crippen LogP contribution in [0.15, 0.2) is 29.2 Å². The first-order valence-corrected chi connectivity index (χ1v) is 16.0. The van der Waals surface area contributed by atoms with Crippen molar-refractivity contribution in [2.75, 3.05) is 0 Å². The van der Waals surface area contributed by atoms with E-state index < -0.39 is 10.1 Å². The molecule has 0 heterocycles. The fourth-order valence-corrected chi connectivity index (χ4v) is 5.25. The molecule has 5 heteroatoms. The molecule has 1 aromatic rings. The van der Waals surface area contributed by atoms with Gasteiger partial charge in [0.05, 0.1) is 4.90 Å². The monoisotopic (exact) mass is 518 g/mol. The van der Waals surface area contributed by atoms with Gasteiger partial charge in [0.2, 0.25) is 0 Å². The number of hydrogen-bond acceptors (Lipinski definition) is 2. The Morgan fingerprint density at radius 1 is 0.514 bits per heavy atom. The van der Waals surface area contributed by atoms with Gasteiger partial charge < -0.3 is 0 Å². The van der Waals surface area contributed by atoms with Crippen LogP contribution < -0.4 is 0 Å². The summed E-state index contributed by atoms with van der Waals surface area (Å²) in [7, 11) is -4.08. The van der Waals surface area contributed by atoms with Gasteiger partial charge in [-0.15, -0.1) is 0 Å². The summed E-state index contributed by atoms with van der Waals surface area (Å²) in [5.74, 6) is 0. The zero-order valence-corrected chi connectivity index (χ0v) is 23.1. The van der Waals surface area contributed by atoms with E-state index in [1.807, 2.05) is 0 Å². The number of hydrogen-bond donors (Lipinski definition) is 1. The van der Waals surface area contributed by atoms with Crippen molar-refractivity contribution in [1.29, 1.82) is 0 Å². The van der Waals surface area contributed by atoms with Crippen molar-refractivity contribution in [3.8, 4) is 0 Å². The summed E-state index contributed by atoms with van der Waals surface area (Å²) in [5, 5.41) is 0. The number of benzene rings is 1. The van der Waals surface area contributed by atoms with Gasteiger partial charge in [-0.2, -0.15) is 8.42 Å². The average Bonchev–Trinajstić information content (AvgIpc) is 2.82. The summed E-state index contributed by atoms with van der Waals surface area (Å²) in [5.41, 5.74) is 1.14. The van der Waals surface area contributed by atoms with Crippen LogP contribution in [0.2, 0.25) is 0 Å². The molecule has 1 rings (SSSR count). The van der Waals surface area contributed by atoms with E-state index >= 15 is 0 Å². The summed E-state index contributed by atoms with van der Waals surface area (Å²) in [6.45, 7) is 2.29. The Kier molecular flexibility index (Phi) is 24.6. The molecule has 0 radical (unpaired) electrons. The molecule has 0 fully saturated rings. The second-order valence-electron chi connectivity index (χ2n) is 10.3. The van der Waals surface area contributed by atoms with Gasteiger partial charge in [0.1, 0.15) is 0 Å². The minimum absolute atomic E-state index is 0. The predicted octanol–water partition coefficient (Wildman–Crippen LogP) is 9.43. The Morgan fingerprint density at radius 2 is 0.800 bits per heavy atom. The van der Waals surface area contributed by atoms with E-state index in [1.165, 1.54) is 147 Å². The molecule has 0 unspecified atom stereocenters. The maximum atomic E-state index is 11.1. The predicted molar refractivity (Wildman–Crippen MR) is 154 cm³/mol. The molecule has 1 N–H and O–H groups in total. The molecule has 3 nitrogen and oxygen atoms in total. The van der Waals surface area contributed by atoms with Crippen LogP contribution in [0.5, 0.6) is 0 Å². The van der Waals surface area contributed by atoms with Gasteiger partial charge in [-0.05, 0) is 30.5 Å². The molecule has 0 saturated heterocycles. The minimum atomic E-state index is -4.08. The Morgan fingerprint density at radius 3 is 1.09 bits per heavy atom. The first-order valence-electron chi connectivity index (χ1n) is 14.6. The van der Waals surface area contributed by atoms with Crippen molar-refractivity contribution in [1.82, 2.24) is 0 Å². The van der Waals surface area contributed by atoms with Crippen molar-refractivity contribution in [2.45, 2.75) is 159 Å². The Hall–Kier alpha value is 0.130. The molecule has 0 aliphatic carbocycles. The molecule has 0 aliphatic rings. The fraction of sp³-hybridized carbons (Fsp3) is 0.800. The topological polar surface area (TPSA) is 54.4 Å². The molecule has 0 bridgehead atoms. The number of unbranched alkanes of at least 4 members (excludes halogenated alkanes) is 21. The van der Waals surface area contributed by atoms with Crippen molar-refractivity contribution < 1.29 is 13.0 Å². The maximum absolute atomic E-state index is 11.1. The summed E-state index contributed by atoms with van der Waals surface area (Å²) in [6.07, 6.45) is 31.7. The molecule has 0 aliphatic heterocycles. The van der Waals surface area contributed by atoms with Crippen LogP contribution in [0, 0.1) is 0 Å². The van der Waals surface area contributed by atoms with E-state index in [2.05, 4.69) is 6.92 Å². The third kappa shape index (κ3) is 21.9. The molecule has 0 aromatic heterocycles. The van der Waals surface area contributed by atoms with E-state index in [0.717, 1.165) is 18.4 Å². The van der Waals surface area contributed by atoms with Crippen LogP contribution in [0.3, 0.4) is 0 Å². The fourth-order valence-electron chi connectivity index (χ4n) is 4.77. The first-order chi connectivity index (χ1) is 16.5. The van der Waals surface area contributed by atoms with E-state index in [0.29, 0.717) is 0 Å². The normalized spacial score (nSPS) is 11.5. The first kappa shape index (κ1) is 35.1. The SMILES string of the molecule is CCCCCCCCCCCCCCCCCCCCCCCCc1ccc(S(=O)(=O)O)cc1.[NaH]. The van der Waals surface area contributed by atoms with Crippen LogP contribution >= 0.6 is 0 Å². The van der Waals surface area contributed by atoms with Crippen molar-refractivity contribution in [3.05, 3.63) is 29.8 Å². The van der Waals surface area contributed by atoms with Crippen LogP contribution in [0.25, 0.3) is 0 Å². The Labute approximate surface area is 240 Å². The van der Waals surface area contributed by atoms with E-state index in [9.17, 15) is 8.42 Å². The molecule has 0 saturated carbocycles. The summed E-state index contributed by atoms with van der Waals surface area (Å²) in [6, 6.07) is 6.59. The third-order valence-corrected chi connectivity index (χ3v) is 7.91. The number of aryl methyl sites for hydroxylation is 1. The van der Waals surface area contributed by atoms with Gasteiger partial charge in [0, 0.05) is 0 Å². The molecular weight excluding hydrogens is 463 g/mol. The van der Waals surface area contributed by atoms with Crippen molar-refractivity contribution in [2.24, 2.45) is 0 Å². The van der Waals surface area contributed by atoms with E-state index in [4.69, 9.17) is 4.55 Å². The zero-order valence-electron chi connectivity index (χ0n) is 22.2. The second-order valence-corrected chi connectivity index (χ2v) is 11.7. The molecule has 1 aromatic carbocycles. The molecule has 35 heavy (non-hydrogen) atoms. The van der Waals surface area contributed by atoms with Gasteiger partial charge in [-0.25, -0.2) is 0 Å². The second kappa shape index (κ2) is 24.5. The van der Waals surface area contributed by atoms with Gasteiger partial charge in [0.15, 0.2) is 0 Å². The van der Waals surface area contributed by atoms with Crippen LogP contribution in [0.4, 0.5) is 0 Å². The summed E-state index contributed by atoms with van der Waals surface area (Å²) in [4.78, 5) is -0.0228. The summed E-state index contributed by atoms with van der Waals surface area (Å²) < 4.78 is 31.1. The van der Waals surface area contributed by atoms with Gasteiger partial charge >= 0.3 is 29.6 Å². The van der Waals surface area contributed by atoms with Gasteiger partial charge in [-0.1, -0.05) is 154 Å². The molecule has 0 spiro atoms. The quantitative estimate of drug-likeness (QED) is 0.0842. The van der Waals surface area contributed by atoms with E-state index in [1.54, 1.807) is 12.1 Å². The molecule has 200 valence electrons. The number of rotatable bonds is 24. The Balaban J connectivity index is 0.0000116. The molecule has 0 amide bonds. The molecular formula is C30H55NaO3S. The van der Waals surface area contributed by atoms with Crippen molar-refractivity contribution >= 4 is 39.7 Å². The Bertz CT molecular complexity index is 673.